The minimum absolute atomic E-state index is 0.0793. The van der Waals surface area contributed by atoms with Crippen molar-refractivity contribution in [1.29, 1.82) is 0 Å². The summed E-state index contributed by atoms with van der Waals surface area (Å²) in [7, 11) is 1.82. The van der Waals surface area contributed by atoms with E-state index in [1.54, 1.807) is 10.9 Å². The fraction of sp³-hybridized carbons (Fsp3) is 0.429. The smallest absolute Gasteiger partial charge is 0.176 e. The number of rotatable bonds is 2. The van der Waals surface area contributed by atoms with Crippen LogP contribution in [0.1, 0.15) is 16.1 Å². The van der Waals surface area contributed by atoms with Gasteiger partial charge in [0.15, 0.2) is 5.78 Å². The molecule has 0 unspecified atom stereocenters. The number of nitrogens with zero attached hydrogens (tertiary/aromatic N) is 2. The summed E-state index contributed by atoms with van der Waals surface area (Å²) >= 11 is 3.11. The van der Waals surface area contributed by atoms with E-state index in [1.807, 2.05) is 14.0 Å². The molecule has 11 heavy (non-hydrogen) atoms. The number of hydrogen-bond acceptors (Lipinski definition) is 2. The van der Waals surface area contributed by atoms with Gasteiger partial charge in [-0.2, -0.15) is 5.10 Å². The quantitative estimate of drug-likeness (QED) is 0.552. The van der Waals surface area contributed by atoms with Crippen LogP contribution >= 0.6 is 15.9 Å². The van der Waals surface area contributed by atoms with E-state index in [4.69, 9.17) is 0 Å². The van der Waals surface area contributed by atoms with E-state index in [0.717, 1.165) is 5.69 Å². The average Bonchev–Trinajstić information content (AvgIpc) is 2.32. The van der Waals surface area contributed by atoms with E-state index < -0.39 is 0 Å². The van der Waals surface area contributed by atoms with Crippen LogP contribution in [0.3, 0.4) is 0 Å². The predicted molar refractivity (Wildman–Crippen MR) is 46.1 cm³/mol. The Morgan fingerprint density at radius 3 is 2.82 bits per heavy atom. The molecule has 0 spiro atoms. The highest BCUT2D eigenvalue weighted by Gasteiger charge is 2.10. The lowest BCUT2D eigenvalue weighted by molar-refractivity contribution is 0.102. The molecular weight excluding hydrogens is 208 g/mol. The number of ketones is 1. The zero-order valence-corrected chi connectivity index (χ0v) is 8.05. The first-order chi connectivity index (χ1) is 5.16. The van der Waals surface area contributed by atoms with E-state index >= 15 is 0 Å². The van der Waals surface area contributed by atoms with Gasteiger partial charge in [0.25, 0.3) is 0 Å². The second-order valence-electron chi connectivity index (χ2n) is 2.32. The monoisotopic (exact) mass is 216 g/mol. The highest BCUT2D eigenvalue weighted by molar-refractivity contribution is 9.09. The third-order valence-corrected chi connectivity index (χ3v) is 2.17. The van der Waals surface area contributed by atoms with Crippen LogP contribution in [-0.4, -0.2) is 20.9 Å². The van der Waals surface area contributed by atoms with Crippen molar-refractivity contribution in [3.05, 3.63) is 17.5 Å². The fourth-order valence-electron chi connectivity index (χ4n) is 0.844. The van der Waals surface area contributed by atoms with Crippen LogP contribution < -0.4 is 0 Å². The van der Waals surface area contributed by atoms with Crippen LogP contribution in [0.2, 0.25) is 0 Å². The summed E-state index contributed by atoms with van der Waals surface area (Å²) in [6.07, 6.45) is 1.60. The largest absolute Gasteiger partial charge is 0.293 e. The lowest BCUT2D eigenvalue weighted by Gasteiger charge is -1.95. The Morgan fingerprint density at radius 2 is 2.45 bits per heavy atom. The third kappa shape index (κ3) is 1.50. The normalized spacial score (nSPS) is 10.1. The van der Waals surface area contributed by atoms with Gasteiger partial charge in [-0.1, -0.05) is 15.9 Å². The van der Waals surface area contributed by atoms with Crippen molar-refractivity contribution in [2.45, 2.75) is 6.92 Å². The van der Waals surface area contributed by atoms with Gasteiger partial charge in [-0.25, -0.2) is 0 Å². The topological polar surface area (TPSA) is 34.9 Å². The lowest BCUT2D eigenvalue weighted by atomic mass is 10.2. The Bertz CT molecular complexity index is 280. The van der Waals surface area contributed by atoms with E-state index in [2.05, 4.69) is 21.0 Å². The van der Waals surface area contributed by atoms with Gasteiger partial charge in [0.1, 0.15) is 0 Å². The van der Waals surface area contributed by atoms with E-state index in [1.165, 1.54) is 0 Å². The van der Waals surface area contributed by atoms with Crippen LogP contribution in [0.15, 0.2) is 6.20 Å². The van der Waals surface area contributed by atoms with Crippen molar-refractivity contribution in [2.75, 3.05) is 5.33 Å². The van der Waals surface area contributed by atoms with Gasteiger partial charge in [0, 0.05) is 12.7 Å². The van der Waals surface area contributed by atoms with Gasteiger partial charge < -0.3 is 0 Å². The Kier molecular flexibility index (Phi) is 2.44. The van der Waals surface area contributed by atoms with E-state index in [0.29, 0.717) is 10.9 Å². The van der Waals surface area contributed by atoms with Gasteiger partial charge in [-0.3, -0.25) is 9.48 Å². The number of aryl methyl sites for hydroxylation is 1. The second kappa shape index (κ2) is 3.17. The van der Waals surface area contributed by atoms with Crippen molar-refractivity contribution in [2.24, 2.45) is 7.05 Å². The predicted octanol–water partition coefficient (Wildman–Crippen LogP) is 1.31. The highest BCUT2D eigenvalue weighted by Crippen LogP contribution is 2.07. The molecule has 0 saturated carbocycles. The highest BCUT2D eigenvalue weighted by atomic mass is 79.9. The van der Waals surface area contributed by atoms with E-state index in [9.17, 15) is 4.79 Å². The van der Waals surface area contributed by atoms with Crippen molar-refractivity contribution in [1.82, 2.24) is 9.78 Å². The SMILES string of the molecule is Cc1c(C(=O)CBr)cnn1C. The maximum absolute atomic E-state index is 11.1. The van der Waals surface area contributed by atoms with Crippen LogP contribution in [-0.2, 0) is 7.05 Å². The molecule has 0 aliphatic rings. The zero-order chi connectivity index (χ0) is 8.43. The maximum atomic E-state index is 11.1. The number of carbonyl (C=O) groups excluding carboxylic acids is 1. The van der Waals surface area contributed by atoms with E-state index in [-0.39, 0.29) is 5.78 Å². The molecule has 0 amide bonds. The molecule has 0 aliphatic heterocycles. The zero-order valence-electron chi connectivity index (χ0n) is 6.47. The Balaban J connectivity index is 3.04. The fourth-order valence-corrected chi connectivity index (χ4v) is 1.15. The molecule has 0 aromatic carbocycles. The van der Waals surface area contributed by atoms with Gasteiger partial charge in [-0.05, 0) is 6.92 Å². The Hall–Kier alpha value is -0.640. The molecule has 0 fully saturated rings. The Labute approximate surface area is 73.5 Å². The van der Waals surface area contributed by atoms with Crippen molar-refractivity contribution < 1.29 is 4.79 Å². The summed E-state index contributed by atoms with van der Waals surface area (Å²) in [6.45, 7) is 1.88. The van der Waals surface area contributed by atoms with Crippen LogP contribution in [0.5, 0.6) is 0 Å². The summed E-state index contributed by atoms with van der Waals surface area (Å²) in [5, 5.41) is 4.32. The summed E-state index contributed by atoms with van der Waals surface area (Å²) in [5.74, 6) is 0.0793. The molecule has 1 aromatic heterocycles. The summed E-state index contributed by atoms with van der Waals surface area (Å²) in [6, 6.07) is 0. The first kappa shape index (κ1) is 8.46. The number of carbonyl (C=O) groups is 1. The second-order valence-corrected chi connectivity index (χ2v) is 2.88. The first-order valence-electron chi connectivity index (χ1n) is 3.24. The summed E-state index contributed by atoms with van der Waals surface area (Å²) in [5.41, 5.74) is 1.61. The summed E-state index contributed by atoms with van der Waals surface area (Å²) in [4.78, 5) is 11.1. The lowest BCUT2D eigenvalue weighted by Crippen LogP contribution is -2.02. The molecule has 0 bridgehead atoms. The van der Waals surface area contributed by atoms with Gasteiger partial charge in [0.05, 0.1) is 17.1 Å². The third-order valence-electron chi connectivity index (χ3n) is 1.66. The number of halogens is 1. The molecule has 3 nitrogen and oxygen atoms in total. The van der Waals surface area contributed by atoms with Gasteiger partial charge in [-0.15, -0.1) is 0 Å². The van der Waals surface area contributed by atoms with Gasteiger partial charge in [0.2, 0.25) is 0 Å². The molecule has 60 valence electrons. The minimum Gasteiger partial charge on any atom is -0.293 e. The van der Waals surface area contributed by atoms with Crippen LogP contribution in [0, 0.1) is 6.92 Å². The molecule has 0 N–H and O–H groups in total. The van der Waals surface area contributed by atoms with Crippen molar-refractivity contribution in [3.8, 4) is 0 Å². The number of alkyl halides is 1. The van der Waals surface area contributed by atoms with Crippen LogP contribution in [0.4, 0.5) is 0 Å². The molecular formula is C7H9BrN2O. The summed E-state index contributed by atoms with van der Waals surface area (Å²) < 4.78 is 1.69. The number of hydrogen-bond donors (Lipinski definition) is 0. The van der Waals surface area contributed by atoms with Crippen molar-refractivity contribution in [3.63, 3.8) is 0 Å². The molecule has 1 rings (SSSR count). The number of Topliss-reactive ketones (excluding diaryl/α,β-unsaturated/α-hetero) is 1. The molecule has 0 atom stereocenters. The Morgan fingerprint density at radius 1 is 1.82 bits per heavy atom. The molecule has 4 heteroatoms. The van der Waals surface area contributed by atoms with Gasteiger partial charge >= 0.3 is 0 Å². The average molecular weight is 217 g/mol. The standard InChI is InChI=1S/C7H9BrN2O/c1-5-6(7(11)3-8)4-9-10(5)2/h4H,3H2,1-2H3. The van der Waals surface area contributed by atoms with Crippen molar-refractivity contribution >= 4 is 21.7 Å². The molecule has 1 heterocycles. The number of aromatic nitrogens is 2. The van der Waals surface area contributed by atoms with Crippen LogP contribution in [0.25, 0.3) is 0 Å². The molecule has 0 aliphatic carbocycles. The molecule has 0 saturated heterocycles. The first-order valence-corrected chi connectivity index (χ1v) is 4.36. The maximum Gasteiger partial charge on any atom is 0.176 e. The molecule has 1 aromatic rings. The minimum atomic E-state index is 0.0793. The molecule has 0 radical (unpaired) electrons.